The summed E-state index contributed by atoms with van der Waals surface area (Å²) in [5, 5.41) is 4.56. The van der Waals surface area contributed by atoms with E-state index in [4.69, 9.17) is 19.4 Å². The fourth-order valence-corrected chi connectivity index (χ4v) is 11.6. The molecule has 0 amide bonds. The molecule has 3 aromatic heterocycles. The molecule has 0 aliphatic heterocycles. The van der Waals surface area contributed by atoms with Gasteiger partial charge in [-0.25, -0.2) is 15.0 Å². The monoisotopic (exact) mass is 976 g/mol. The quantitative estimate of drug-likeness (QED) is 0.137. The molecule has 0 bridgehead atoms. The van der Waals surface area contributed by atoms with Crippen molar-refractivity contribution in [1.29, 1.82) is 0 Å². The molecule has 14 rings (SSSR count). The maximum atomic E-state index is 7.01. The Hall–Kier alpha value is -9.75. The summed E-state index contributed by atoms with van der Waals surface area (Å²) in [4.78, 5) is 18.3. The van der Waals surface area contributed by atoms with Gasteiger partial charge in [0, 0.05) is 76.2 Å². The van der Waals surface area contributed by atoms with Crippen LogP contribution in [-0.4, -0.2) is 15.0 Å². The van der Waals surface area contributed by atoms with Gasteiger partial charge in [0.2, 0.25) is 0 Å². The lowest BCUT2D eigenvalue weighted by Gasteiger charge is -2.31. The van der Waals surface area contributed by atoms with Crippen LogP contribution >= 0.6 is 11.3 Å². The third kappa shape index (κ3) is 8.11. The number of anilines is 3. The molecule has 0 radical (unpaired) electrons. The summed E-state index contributed by atoms with van der Waals surface area (Å²) in [5.41, 5.74) is 16.0. The van der Waals surface area contributed by atoms with Gasteiger partial charge in [-0.05, 0) is 88.0 Å². The molecule has 0 fully saturated rings. The molecule has 0 saturated heterocycles. The van der Waals surface area contributed by atoms with Gasteiger partial charge in [0.05, 0.1) is 5.69 Å². The second-order valence-corrected chi connectivity index (χ2v) is 19.8. The second kappa shape index (κ2) is 18.7. The van der Waals surface area contributed by atoms with E-state index >= 15 is 0 Å². The van der Waals surface area contributed by atoms with Crippen LogP contribution in [0, 0.1) is 0 Å². The molecule has 5 nitrogen and oxygen atoms in total. The Balaban J connectivity index is 0.993. The van der Waals surface area contributed by atoms with Crippen LogP contribution in [0.5, 0.6) is 0 Å². The van der Waals surface area contributed by atoms with E-state index in [1.807, 2.05) is 12.1 Å². The highest BCUT2D eigenvalue weighted by Gasteiger charge is 2.26. The number of hydrogen-bond donors (Lipinski definition) is 0. The Labute approximate surface area is 438 Å². The Morgan fingerprint density at radius 1 is 0.307 bits per heavy atom. The van der Waals surface area contributed by atoms with Gasteiger partial charge in [-0.2, -0.15) is 0 Å². The summed E-state index contributed by atoms with van der Waals surface area (Å²) >= 11 is 1.81. The third-order valence-electron chi connectivity index (χ3n) is 14.1. The van der Waals surface area contributed by atoms with Crippen molar-refractivity contribution < 1.29 is 4.42 Å². The molecule has 3 heterocycles. The van der Waals surface area contributed by atoms with Gasteiger partial charge in [0.1, 0.15) is 11.2 Å². The van der Waals surface area contributed by atoms with E-state index < -0.39 is 0 Å². The van der Waals surface area contributed by atoms with Crippen molar-refractivity contribution in [3.8, 4) is 78.7 Å². The predicted octanol–water partition coefficient (Wildman–Crippen LogP) is 19.3. The third-order valence-corrected chi connectivity index (χ3v) is 15.3. The fourth-order valence-electron chi connectivity index (χ4n) is 10.5. The smallest absolute Gasteiger partial charge is 0.164 e. The summed E-state index contributed by atoms with van der Waals surface area (Å²) in [6, 6.07) is 94.1. The van der Waals surface area contributed by atoms with Gasteiger partial charge in [-0.3, -0.25) is 0 Å². The van der Waals surface area contributed by atoms with Crippen LogP contribution in [0.2, 0.25) is 0 Å². The zero-order chi connectivity index (χ0) is 49.7. The van der Waals surface area contributed by atoms with Crippen molar-refractivity contribution >= 4 is 70.5 Å². The van der Waals surface area contributed by atoms with E-state index in [2.05, 4.69) is 260 Å². The molecule has 0 spiro atoms. The summed E-state index contributed by atoms with van der Waals surface area (Å²) in [6.45, 7) is 0. The number of para-hydroxylation sites is 1. The molecule has 0 unspecified atom stereocenters. The number of fused-ring (bicyclic) bond motifs is 7. The van der Waals surface area contributed by atoms with Gasteiger partial charge in [0.25, 0.3) is 0 Å². The van der Waals surface area contributed by atoms with Gasteiger partial charge < -0.3 is 9.32 Å². The molecule has 0 aliphatic rings. The Kier molecular flexibility index (Phi) is 11.0. The normalized spacial score (nSPS) is 11.5. The summed E-state index contributed by atoms with van der Waals surface area (Å²) < 4.78 is 9.48. The topological polar surface area (TPSA) is 55.1 Å². The number of rotatable bonds is 10. The second-order valence-electron chi connectivity index (χ2n) is 18.7. The van der Waals surface area contributed by atoms with E-state index in [-0.39, 0.29) is 0 Å². The van der Waals surface area contributed by atoms with Crippen molar-refractivity contribution in [3.63, 3.8) is 0 Å². The molecule has 0 saturated carbocycles. The summed E-state index contributed by atoms with van der Waals surface area (Å²) in [5.74, 6) is 1.75. The number of thiophene rings is 1. The lowest BCUT2D eigenvalue weighted by Crippen LogP contribution is -2.13. The zero-order valence-corrected chi connectivity index (χ0v) is 41.3. The highest BCUT2D eigenvalue weighted by atomic mass is 32.1. The fraction of sp³-hybridized carbons (Fsp3) is 0. The van der Waals surface area contributed by atoms with E-state index in [1.54, 1.807) is 11.3 Å². The molecule has 14 aromatic rings. The molecule has 75 heavy (non-hydrogen) atoms. The largest absolute Gasteiger partial charge is 0.455 e. The number of furan rings is 1. The maximum Gasteiger partial charge on any atom is 0.164 e. The molecule has 0 atom stereocenters. The standard InChI is InChI=1S/C69H44N4OS/c1-6-18-45(19-7-1)47-30-34-51(35-31-47)67-70-68(52-36-32-48(33-37-52)46-20-8-2-9-21-46)72-69(71-67)53-42-59(49-22-10-3-11-23-49)65(60(43-53)50-24-12-4-13-25-50)73(54-26-14-5-15-27-54)55-38-39-56-57-40-41-63-64(66(57)74-61(56)44-55)58-28-16-17-29-62(58)75-63/h1-44H. The van der Waals surface area contributed by atoms with Crippen molar-refractivity contribution in [1.82, 2.24) is 15.0 Å². The van der Waals surface area contributed by atoms with Gasteiger partial charge in [-0.1, -0.05) is 206 Å². The highest BCUT2D eigenvalue weighted by Crippen LogP contribution is 2.50. The number of nitrogens with zero attached hydrogens (tertiary/aromatic N) is 4. The van der Waals surface area contributed by atoms with Gasteiger partial charge in [0.15, 0.2) is 17.5 Å². The molecule has 0 N–H and O–H groups in total. The van der Waals surface area contributed by atoms with Crippen LogP contribution in [0.1, 0.15) is 0 Å². The minimum Gasteiger partial charge on any atom is -0.455 e. The Bertz CT molecular complexity index is 4210. The average Bonchev–Trinajstić information content (AvgIpc) is 4.10. The zero-order valence-electron chi connectivity index (χ0n) is 40.5. The van der Waals surface area contributed by atoms with Crippen LogP contribution < -0.4 is 4.90 Å². The van der Waals surface area contributed by atoms with E-state index in [0.717, 1.165) is 106 Å². The van der Waals surface area contributed by atoms with Crippen LogP contribution in [0.4, 0.5) is 17.1 Å². The Morgan fingerprint density at radius 2 is 0.747 bits per heavy atom. The minimum absolute atomic E-state index is 0.567. The predicted molar refractivity (Wildman–Crippen MR) is 313 cm³/mol. The molecular formula is C69H44N4OS. The van der Waals surface area contributed by atoms with Gasteiger partial charge >= 0.3 is 0 Å². The number of benzene rings is 11. The molecule has 11 aromatic carbocycles. The first-order valence-corrected chi connectivity index (χ1v) is 26.0. The van der Waals surface area contributed by atoms with Crippen LogP contribution in [-0.2, 0) is 0 Å². The van der Waals surface area contributed by atoms with Crippen LogP contribution in [0.25, 0.3) is 121 Å². The van der Waals surface area contributed by atoms with E-state index in [9.17, 15) is 0 Å². The maximum absolute atomic E-state index is 7.01. The highest BCUT2D eigenvalue weighted by molar-refractivity contribution is 7.26. The van der Waals surface area contributed by atoms with Crippen molar-refractivity contribution in [2.45, 2.75) is 0 Å². The van der Waals surface area contributed by atoms with Crippen LogP contribution in [0.3, 0.4) is 0 Å². The lowest BCUT2D eigenvalue weighted by molar-refractivity contribution is 0.673. The summed E-state index contributed by atoms with van der Waals surface area (Å²) in [7, 11) is 0. The van der Waals surface area contributed by atoms with Gasteiger partial charge in [-0.15, -0.1) is 11.3 Å². The molecule has 6 heteroatoms. The number of aromatic nitrogens is 3. The first-order valence-electron chi connectivity index (χ1n) is 25.2. The van der Waals surface area contributed by atoms with Crippen molar-refractivity contribution in [2.24, 2.45) is 0 Å². The van der Waals surface area contributed by atoms with Crippen molar-refractivity contribution in [2.75, 3.05) is 4.90 Å². The first-order chi connectivity index (χ1) is 37.2. The van der Waals surface area contributed by atoms with Crippen molar-refractivity contribution in [3.05, 3.63) is 267 Å². The minimum atomic E-state index is 0.567. The lowest BCUT2D eigenvalue weighted by atomic mass is 9.91. The molecule has 0 aliphatic carbocycles. The van der Waals surface area contributed by atoms with E-state index in [0.29, 0.717) is 17.5 Å². The van der Waals surface area contributed by atoms with E-state index in [1.165, 1.54) is 14.8 Å². The van der Waals surface area contributed by atoms with Crippen LogP contribution in [0.15, 0.2) is 271 Å². The first kappa shape index (κ1) is 44.0. The Morgan fingerprint density at radius 3 is 1.29 bits per heavy atom. The average molecular weight is 977 g/mol. The number of hydrogen-bond acceptors (Lipinski definition) is 6. The SMILES string of the molecule is c1ccc(-c2ccc(-c3nc(-c4ccc(-c5ccccc5)cc4)nc(-c4cc(-c5ccccc5)c(N(c5ccccc5)c5ccc6c(c5)oc5c6ccc6sc7ccccc7c65)c(-c5ccccc5)c4)n3)cc2)cc1. The molecule has 352 valence electrons. The molecular weight excluding hydrogens is 933 g/mol. The summed E-state index contributed by atoms with van der Waals surface area (Å²) in [6.07, 6.45) is 0.